The Kier molecular flexibility index (Phi) is 6.77. The Labute approximate surface area is 91.0 Å². The second-order valence-corrected chi connectivity index (χ2v) is 3.10. The van der Waals surface area contributed by atoms with Gasteiger partial charge in [-0.05, 0) is 12.1 Å². The van der Waals surface area contributed by atoms with E-state index in [1.165, 1.54) is 6.07 Å². The summed E-state index contributed by atoms with van der Waals surface area (Å²) >= 11 is 15.1. The van der Waals surface area contributed by atoms with Crippen molar-refractivity contribution in [2.75, 3.05) is 5.34 Å². The molecular formula is C8H7Cl3O2. The third-order valence-electron chi connectivity index (χ3n) is 1.10. The topological polar surface area (TPSA) is 37.3 Å². The van der Waals surface area contributed by atoms with Crippen molar-refractivity contribution in [1.29, 1.82) is 0 Å². The minimum Gasteiger partial charge on any atom is -0.478 e. The summed E-state index contributed by atoms with van der Waals surface area (Å²) in [5, 5.41) is 8.95. The van der Waals surface area contributed by atoms with E-state index < -0.39 is 5.97 Å². The molecule has 0 heterocycles. The van der Waals surface area contributed by atoms with Crippen LogP contribution in [0.5, 0.6) is 0 Å². The molecule has 1 aromatic carbocycles. The highest BCUT2D eigenvalue weighted by Gasteiger charge is 2.04. The second-order valence-electron chi connectivity index (χ2n) is 1.89. The number of hydrogen-bond donors (Lipinski definition) is 1. The van der Waals surface area contributed by atoms with Gasteiger partial charge in [0.1, 0.15) is 0 Å². The Hall–Kier alpha value is -0.440. The van der Waals surface area contributed by atoms with Gasteiger partial charge in [0.15, 0.2) is 0 Å². The Bertz CT molecular complexity index is 276. The van der Waals surface area contributed by atoms with Gasteiger partial charge in [0.25, 0.3) is 0 Å². The van der Waals surface area contributed by atoms with E-state index in [1.807, 2.05) is 0 Å². The van der Waals surface area contributed by atoms with Gasteiger partial charge in [-0.2, -0.15) is 0 Å². The summed E-state index contributed by atoms with van der Waals surface area (Å²) in [6.07, 6.45) is 0. The average Bonchev–Trinajstić information content (AvgIpc) is 2.06. The smallest absolute Gasteiger partial charge is 0.337 e. The van der Waals surface area contributed by atoms with Gasteiger partial charge in [-0.1, -0.05) is 23.7 Å². The number of halogens is 3. The highest BCUT2D eigenvalue weighted by Crippen LogP contribution is 2.13. The number of hydrogen-bond acceptors (Lipinski definition) is 1. The van der Waals surface area contributed by atoms with Crippen molar-refractivity contribution in [2.45, 2.75) is 0 Å². The molecule has 0 aliphatic heterocycles. The van der Waals surface area contributed by atoms with Crippen LogP contribution in [-0.2, 0) is 0 Å². The molecule has 0 spiro atoms. The van der Waals surface area contributed by atoms with Gasteiger partial charge >= 0.3 is 5.97 Å². The van der Waals surface area contributed by atoms with Crippen LogP contribution < -0.4 is 0 Å². The fraction of sp³-hybridized carbons (Fsp3) is 0.125. The summed E-state index contributed by atoms with van der Waals surface area (Å²) in [7, 11) is 0. The Morgan fingerprint density at radius 1 is 1.31 bits per heavy atom. The van der Waals surface area contributed by atoms with Gasteiger partial charge in [0, 0.05) is 0 Å². The van der Waals surface area contributed by atoms with Crippen LogP contribution in [0.1, 0.15) is 10.4 Å². The summed E-state index contributed by atoms with van der Waals surface area (Å²) in [6, 6.07) is 6.33. The Balaban J connectivity index is 0.000000424. The van der Waals surface area contributed by atoms with Crippen molar-refractivity contribution < 1.29 is 9.90 Å². The second kappa shape index (κ2) is 7.01. The number of aromatic carboxylic acids is 1. The van der Waals surface area contributed by atoms with Gasteiger partial charge in [-0.3, -0.25) is 0 Å². The molecule has 0 unspecified atom stereocenters. The van der Waals surface area contributed by atoms with Crippen molar-refractivity contribution in [3.63, 3.8) is 0 Å². The maximum atomic E-state index is 10.3. The zero-order valence-electron chi connectivity index (χ0n) is 6.51. The summed E-state index contributed by atoms with van der Waals surface area (Å²) in [5.41, 5.74) is 0.143. The van der Waals surface area contributed by atoms with E-state index in [1.54, 1.807) is 18.2 Å². The predicted molar refractivity (Wildman–Crippen MR) is 55.0 cm³/mol. The average molecular weight is 242 g/mol. The van der Waals surface area contributed by atoms with Crippen LogP contribution in [0.15, 0.2) is 24.3 Å². The fourth-order valence-corrected chi connectivity index (χ4v) is 0.851. The van der Waals surface area contributed by atoms with E-state index in [0.717, 1.165) is 0 Å². The lowest BCUT2D eigenvalue weighted by atomic mass is 10.2. The molecule has 1 rings (SSSR count). The van der Waals surface area contributed by atoms with Crippen molar-refractivity contribution in [1.82, 2.24) is 0 Å². The molecule has 5 heteroatoms. The minimum atomic E-state index is -0.995. The van der Waals surface area contributed by atoms with Gasteiger partial charge in [-0.15, -0.1) is 23.2 Å². The number of rotatable bonds is 1. The summed E-state index contributed by atoms with van der Waals surface area (Å²) < 4.78 is 0. The van der Waals surface area contributed by atoms with E-state index in [2.05, 4.69) is 0 Å². The van der Waals surface area contributed by atoms with E-state index in [9.17, 15) is 4.79 Å². The van der Waals surface area contributed by atoms with Gasteiger partial charge < -0.3 is 5.11 Å². The molecule has 13 heavy (non-hydrogen) atoms. The van der Waals surface area contributed by atoms with Crippen molar-refractivity contribution in [2.24, 2.45) is 0 Å². The molecule has 0 aliphatic rings. The molecule has 0 aliphatic carbocycles. The summed E-state index contributed by atoms with van der Waals surface area (Å²) in [5.74, 6) is -0.995. The molecule has 72 valence electrons. The fourth-order valence-electron chi connectivity index (χ4n) is 0.635. The molecule has 2 nitrogen and oxygen atoms in total. The quantitative estimate of drug-likeness (QED) is 0.765. The van der Waals surface area contributed by atoms with Crippen molar-refractivity contribution in [3.8, 4) is 0 Å². The van der Waals surface area contributed by atoms with E-state index >= 15 is 0 Å². The third-order valence-corrected chi connectivity index (χ3v) is 1.43. The number of carboxylic acid groups (broad SMARTS) is 1. The maximum Gasteiger partial charge on any atom is 0.337 e. The van der Waals surface area contributed by atoms with E-state index in [0.29, 0.717) is 0 Å². The molecule has 0 bridgehead atoms. The van der Waals surface area contributed by atoms with Crippen LogP contribution in [-0.4, -0.2) is 16.4 Å². The van der Waals surface area contributed by atoms with Gasteiger partial charge in [0.05, 0.1) is 15.9 Å². The zero-order valence-corrected chi connectivity index (χ0v) is 8.77. The molecule has 0 amide bonds. The first-order chi connectivity index (χ1) is 6.13. The van der Waals surface area contributed by atoms with Crippen LogP contribution in [0.4, 0.5) is 0 Å². The molecule has 0 aromatic heterocycles. The summed E-state index contributed by atoms with van der Waals surface area (Å²) in [4.78, 5) is 10.3. The Morgan fingerprint density at radius 3 is 2.08 bits per heavy atom. The monoisotopic (exact) mass is 240 g/mol. The summed E-state index contributed by atoms with van der Waals surface area (Å²) in [6.45, 7) is 0. The normalized spacial score (nSPS) is 8.54. The van der Waals surface area contributed by atoms with Crippen LogP contribution >= 0.6 is 34.8 Å². The number of carbonyl (C=O) groups is 1. The number of carboxylic acids is 1. The van der Waals surface area contributed by atoms with Crippen molar-refractivity contribution in [3.05, 3.63) is 34.9 Å². The van der Waals surface area contributed by atoms with Crippen LogP contribution in [0.3, 0.4) is 0 Å². The predicted octanol–water partition coefficient (Wildman–Crippen LogP) is 3.46. The van der Waals surface area contributed by atoms with Crippen molar-refractivity contribution >= 4 is 40.8 Å². The molecular weight excluding hydrogens is 234 g/mol. The highest BCUT2D eigenvalue weighted by atomic mass is 35.5. The first-order valence-electron chi connectivity index (χ1n) is 3.23. The van der Waals surface area contributed by atoms with E-state index in [4.69, 9.17) is 39.9 Å². The number of alkyl halides is 2. The van der Waals surface area contributed by atoms with Gasteiger partial charge in [0.2, 0.25) is 0 Å². The molecule has 0 fully saturated rings. The lowest BCUT2D eigenvalue weighted by Crippen LogP contribution is -1.95. The number of benzene rings is 1. The minimum absolute atomic E-state index is 0.143. The lowest BCUT2D eigenvalue weighted by Gasteiger charge is -1.94. The van der Waals surface area contributed by atoms with Gasteiger partial charge in [-0.25, -0.2) is 4.79 Å². The standard InChI is InChI=1S/C7H5ClO2.CH2Cl2/c8-6-4-2-1-3-5(6)7(9)10;2-1-3/h1-4H,(H,9,10);1H2. The first-order valence-corrected chi connectivity index (χ1v) is 4.68. The van der Waals surface area contributed by atoms with Crippen LogP contribution in [0.25, 0.3) is 0 Å². The molecule has 0 saturated carbocycles. The largest absolute Gasteiger partial charge is 0.478 e. The zero-order chi connectivity index (χ0) is 10.3. The lowest BCUT2D eigenvalue weighted by molar-refractivity contribution is 0.0697. The molecule has 0 saturated heterocycles. The molecule has 0 radical (unpaired) electrons. The highest BCUT2D eigenvalue weighted by molar-refractivity contribution is 6.40. The van der Waals surface area contributed by atoms with Crippen LogP contribution in [0.2, 0.25) is 5.02 Å². The van der Waals surface area contributed by atoms with E-state index in [-0.39, 0.29) is 15.9 Å². The molecule has 0 atom stereocenters. The van der Waals surface area contributed by atoms with Crippen LogP contribution in [0, 0.1) is 0 Å². The first kappa shape index (κ1) is 12.6. The molecule has 1 aromatic rings. The Morgan fingerprint density at radius 2 is 1.77 bits per heavy atom. The SMILES string of the molecule is ClCCl.O=C(O)c1ccccc1Cl. The molecule has 1 N–H and O–H groups in total. The maximum absolute atomic E-state index is 10.3. The third kappa shape index (κ3) is 4.98.